The van der Waals surface area contributed by atoms with E-state index in [4.69, 9.17) is 11.6 Å². The molecule has 0 aliphatic heterocycles. The minimum atomic E-state index is 0.327. The van der Waals surface area contributed by atoms with Crippen molar-refractivity contribution in [2.75, 3.05) is 0 Å². The molecule has 0 bridgehead atoms. The summed E-state index contributed by atoms with van der Waals surface area (Å²) in [6.07, 6.45) is 5.88. The summed E-state index contributed by atoms with van der Waals surface area (Å²) >= 11 is 5.61. The van der Waals surface area contributed by atoms with Crippen molar-refractivity contribution in [1.29, 1.82) is 0 Å². The van der Waals surface area contributed by atoms with Crippen LogP contribution in [0.25, 0.3) is 0 Å². The van der Waals surface area contributed by atoms with Crippen molar-refractivity contribution >= 4 is 11.6 Å². The summed E-state index contributed by atoms with van der Waals surface area (Å²) in [7, 11) is 0. The predicted octanol–water partition coefficient (Wildman–Crippen LogP) is 4.27. The van der Waals surface area contributed by atoms with Gasteiger partial charge in [-0.05, 0) is 43.3 Å². The second kappa shape index (κ2) is 3.66. The fraction of sp³-hybridized carbons (Fsp3) is 0.636. The minimum Gasteiger partial charge on any atom is -0.0929 e. The lowest BCUT2D eigenvalue weighted by atomic mass is 9.73. The van der Waals surface area contributed by atoms with E-state index in [9.17, 15) is 0 Å². The molecule has 0 atom stereocenters. The maximum absolute atomic E-state index is 5.61. The molecule has 1 heteroatoms. The molecule has 0 spiro atoms. The first kappa shape index (κ1) is 9.85. The van der Waals surface area contributed by atoms with Crippen molar-refractivity contribution in [2.24, 2.45) is 5.41 Å². The lowest BCUT2D eigenvalue weighted by Crippen LogP contribution is -2.18. The third kappa shape index (κ3) is 1.92. The van der Waals surface area contributed by atoms with Crippen LogP contribution in [0, 0.1) is 5.41 Å². The van der Waals surface area contributed by atoms with Gasteiger partial charge in [-0.1, -0.05) is 31.0 Å². The van der Waals surface area contributed by atoms with Crippen molar-refractivity contribution in [2.45, 2.75) is 40.0 Å². The van der Waals surface area contributed by atoms with Gasteiger partial charge in [-0.15, -0.1) is 0 Å². The molecule has 0 amide bonds. The van der Waals surface area contributed by atoms with E-state index in [1.165, 1.54) is 30.4 Å². The second-order valence-corrected chi connectivity index (χ2v) is 4.48. The van der Waals surface area contributed by atoms with Crippen LogP contribution < -0.4 is 0 Å². The highest BCUT2D eigenvalue weighted by atomic mass is 35.5. The van der Waals surface area contributed by atoms with E-state index in [0.717, 1.165) is 0 Å². The fourth-order valence-corrected chi connectivity index (χ4v) is 2.20. The highest BCUT2D eigenvalue weighted by Gasteiger charge is 2.26. The molecule has 0 radical (unpaired) electrons. The molecule has 1 aliphatic carbocycles. The van der Waals surface area contributed by atoms with Crippen LogP contribution in [0.5, 0.6) is 0 Å². The Morgan fingerprint density at radius 2 is 2.08 bits per heavy atom. The Morgan fingerprint density at radius 3 is 2.58 bits per heavy atom. The lowest BCUT2D eigenvalue weighted by molar-refractivity contribution is 0.377. The third-order valence-corrected chi connectivity index (χ3v) is 2.90. The zero-order valence-electron chi connectivity index (χ0n) is 8.15. The molecule has 12 heavy (non-hydrogen) atoms. The van der Waals surface area contributed by atoms with Crippen LogP contribution in [-0.2, 0) is 0 Å². The highest BCUT2D eigenvalue weighted by molar-refractivity contribution is 6.25. The van der Waals surface area contributed by atoms with Crippen molar-refractivity contribution in [3.8, 4) is 0 Å². The Bertz CT molecular complexity index is 221. The summed E-state index contributed by atoms with van der Waals surface area (Å²) in [4.78, 5) is 0. The van der Waals surface area contributed by atoms with Gasteiger partial charge < -0.3 is 0 Å². The third-order valence-electron chi connectivity index (χ3n) is 2.77. The van der Waals surface area contributed by atoms with Gasteiger partial charge in [-0.25, -0.2) is 0 Å². The van der Waals surface area contributed by atoms with Gasteiger partial charge in [-0.2, -0.15) is 0 Å². The molecule has 0 aromatic heterocycles. The number of allylic oxidation sites excluding steroid dienone is 3. The molecule has 0 N–H and O–H groups in total. The van der Waals surface area contributed by atoms with E-state index in [0.29, 0.717) is 5.41 Å². The minimum absolute atomic E-state index is 0.327. The molecule has 1 rings (SSSR count). The van der Waals surface area contributed by atoms with Crippen molar-refractivity contribution in [3.05, 3.63) is 22.8 Å². The Balaban J connectivity index is 3.00. The second-order valence-electron chi connectivity index (χ2n) is 4.22. The average molecular weight is 185 g/mol. The van der Waals surface area contributed by atoms with E-state index in [2.05, 4.69) is 26.8 Å². The Morgan fingerprint density at radius 1 is 1.42 bits per heavy atom. The first-order valence-electron chi connectivity index (χ1n) is 4.55. The monoisotopic (exact) mass is 184 g/mol. The van der Waals surface area contributed by atoms with Gasteiger partial charge >= 0.3 is 0 Å². The van der Waals surface area contributed by atoms with Gasteiger partial charge in [0.2, 0.25) is 0 Å². The SMILES string of the molecule is CC1=C(/C=C/Cl)C(C)(C)CCC1. The normalized spacial score (nSPS) is 23.7. The van der Waals surface area contributed by atoms with Gasteiger partial charge in [0.05, 0.1) is 0 Å². The van der Waals surface area contributed by atoms with Crippen molar-refractivity contribution in [3.63, 3.8) is 0 Å². The Hall–Kier alpha value is -0.230. The van der Waals surface area contributed by atoms with E-state index in [1.807, 2.05) is 0 Å². The molecule has 0 aromatic rings. The highest BCUT2D eigenvalue weighted by Crippen LogP contribution is 2.40. The van der Waals surface area contributed by atoms with E-state index >= 15 is 0 Å². The lowest BCUT2D eigenvalue weighted by Gasteiger charge is -2.32. The van der Waals surface area contributed by atoms with E-state index in [-0.39, 0.29) is 0 Å². The van der Waals surface area contributed by atoms with Crippen LogP contribution in [0.4, 0.5) is 0 Å². The molecule has 0 heterocycles. The van der Waals surface area contributed by atoms with Crippen LogP contribution in [-0.4, -0.2) is 0 Å². The number of hydrogen-bond acceptors (Lipinski definition) is 0. The van der Waals surface area contributed by atoms with Crippen LogP contribution in [0.3, 0.4) is 0 Å². The standard InChI is InChI=1S/C11H17Cl/c1-9-5-4-7-11(2,3)10(9)6-8-12/h6,8H,4-5,7H2,1-3H3/b8-6+. The van der Waals surface area contributed by atoms with Gasteiger partial charge in [0, 0.05) is 5.54 Å². The zero-order valence-corrected chi connectivity index (χ0v) is 8.91. The van der Waals surface area contributed by atoms with Crippen molar-refractivity contribution in [1.82, 2.24) is 0 Å². The van der Waals surface area contributed by atoms with E-state index in [1.54, 1.807) is 5.54 Å². The molecule has 0 fully saturated rings. The van der Waals surface area contributed by atoms with Crippen LogP contribution in [0.1, 0.15) is 40.0 Å². The first-order valence-corrected chi connectivity index (χ1v) is 4.98. The van der Waals surface area contributed by atoms with Gasteiger partial charge in [0.15, 0.2) is 0 Å². The summed E-state index contributed by atoms with van der Waals surface area (Å²) in [5, 5.41) is 0. The molecular formula is C11H17Cl. The molecule has 0 nitrogen and oxygen atoms in total. The molecule has 0 saturated heterocycles. The summed E-state index contributed by atoms with van der Waals surface area (Å²) in [5.41, 5.74) is 4.89. The maximum atomic E-state index is 5.61. The predicted molar refractivity (Wildman–Crippen MR) is 55.3 cm³/mol. The summed E-state index contributed by atoms with van der Waals surface area (Å²) in [5.74, 6) is 0. The largest absolute Gasteiger partial charge is 0.0929 e. The Labute approximate surface area is 80.3 Å². The average Bonchev–Trinajstić information content (AvgIpc) is 1.97. The quantitative estimate of drug-likeness (QED) is 0.571. The summed E-state index contributed by atoms with van der Waals surface area (Å²) in [6.45, 7) is 6.80. The van der Waals surface area contributed by atoms with Gasteiger partial charge in [0.1, 0.15) is 0 Å². The van der Waals surface area contributed by atoms with Crippen LogP contribution >= 0.6 is 11.6 Å². The topological polar surface area (TPSA) is 0 Å². The molecular weight excluding hydrogens is 168 g/mol. The molecule has 0 aromatic carbocycles. The summed E-state index contributed by atoms with van der Waals surface area (Å²) in [6, 6.07) is 0. The number of halogens is 1. The molecule has 68 valence electrons. The van der Waals surface area contributed by atoms with Gasteiger partial charge in [-0.3, -0.25) is 0 Å². The number of rotatable bonds is 1. The first-order chi connectivity index (χ1) is 5.58. The fourth-order valence-electron chi connectivity index (χ4n) is 2.07. The zero-order chi connectivity index (χ0) is 9.19. The van der Waals surface area contributed by atoms with Gasteiger partial charge in [0.25, 0.3) is 0 Å². The van der Waals surface area contributed by atoms with E-state index < -0.39 is 0 Å². The number of hydrogen-bond donors (Lipinski definition) is 0. The van der Waals surface area contributed by atoms with Crippen LogP contribution in [0.15, 0.2) is 22.8 Å². The maximum Gasteiger partial charge on any atom is 0.00453 e. The van der Waals surface area contributed by atoms with Crippen LogP contribution in [0.2, 0.25) is 0 Å². The smallest absolute Gasteiger partial charge is 0.00453 e. The molecule has 0 saturated carbocycles. The Kier molecular flexibility index (Phi) is 3.00. The molecule has 1 aliphatic rings. The summed E-state index contributed by atoms with van der Waals surface area (Å²) < 4.78 is 0. The van der Waals surface area contributed by atoms with Crippen molar-refractivity contribution < 1.29 is 0 Å². The molecule has 0 unspecified atom stereocenters.